The molecule has 108 valence electrons. The van der Waals surface area contributed by atoms with Crippen LogP contribution in [0.15, 0.2) is 24.3 Å². The molecular formula is C16H22FN3. The van der Waals surface area contributed by atoms with E-state index in [0.717, 1.165) is 30.5 Å². The molecule has 0 saturated carbocycles. The van der Waals surface area contributed by atoms with Gasteiger partial charge in [-0.2, -0.15) is 5.10 Å². The summed E-state index contributed by atoms with van der Waals surface area (Å²) < 4.78 is 15.3. The number of aromatic nitrogens is 2. The van der Waals surface area contributed by atoms with Gasteiger partial charge in [0.05, 0.1) is 12.2 Å². The number of nitrogens with two attached hydrogens (primary N) is 1. The van der Waals surface area contributed by atoms with E-state index < -0.39 is 0 Å². The van der Waals surface area contributed by atoms with Crippen LogP contribution >= 0.6 is 0 Å². The minimum Gasteiger partial charge on any atom is -0.330 e. The topological polar surface area (TPSA) is 43.8 Å². The van der Waals surface area contributed by atoms with Crippen molar-refractivity contribution in [3.05, 3.63) is 52.6 Å². The average molecular weight is 275 g/mol. The Hall–Kier alpha value is -1.68. The molecule has 1 aromatic carbocycles. The monoisotopic (exact) mass is 275 g/mol. The highest BCUT2D eigenvalue weighted by atomic mass is 19.1. The Balaban J connectivity index is 2.36. The molecule has 0 aliphatic heterocycles. The zero-order chi connectivity index (χ0) is 14.5. The molecule has 2 rings (SSSR count). The predicted octanol–water partition coefficient (Wildman–Crippen LogP) is 2.70. The Morgan fingerprint density at radius 1 is 1.25 bits per heavy atom. The van der Waals surface area contributed by atoms with Crippen LogP contribution < -0.4 is 5.73 Å². The summed E-state index contributed by atoms with van der Waals surface area (Å²) >= 11 is 0. The summed E-state index contributed by atoms with van der Waals surface area (Å²) in [6.45, 7) is 5.47. The highest BCUT2D eigenvalue weighted by molar-refractivity contribution is 5.28. The first-order valence-corrected chi connectivity index (χ1v) is 7.21. The summed E-state index contributed by atoms with van der Waals surface area (Å²) in [4.78, 5) is 0. The van der Waals surface area contributed by atoms with E-state index >= 15 is 0 Å². The van der Waals surface area contributed by atoms with Crippen LogP contribution in [0.4, 0.5) is 4.39 Å². The quantitative estimate of drug-likeness (QED) is 0.881. The molecule has 4 heteroatoms. The molecule has 2 N–H and O–H groups in total. The second kappa shape index (κ2) is 6.66. The summed E-state index contributed by atoms with van der Waals surface area (Å²) in [5.41, 5.74) is 10.2. The van der Waals surface area contributed by atoms with Crippen LogP contribution in [0.1, 0.15) is 36.4 Å². The second-order valence-corrected chi connectivity index (χ2v) is 4.91. The molecule has 0 saturated heterocycles. The van der Waals surface area contributed by atoms with Crippen molar-refractivity contribution in [1.82, 2.24) is 9.78 Å². The first kappa shape index (κ1) is 14.7. The number of aryl methyl sites for hydroxylation is 1. The Morgan fingerprint density at radius 3 is 2.65 bits per heavy atom. The molecule has 0 unspecified atom stereocenters. The van der Waals surface area contributed by atoms with Gasteiger partial charge in [0.15, 0.2) is 0 Å². The van der Waals surface area contributed by atoms with Crippen molar-refractivity contribution in [2.75, 3.05) is 6.54 Å². The Labute approximate surface area is 119 Å². The third-order valence-electron chi connectivity index (χ3n) is 3.54. The highest BCUT2D eigenvalue weighted by Gasteiger charge is 2.14. The van der Waals surface area contributed by atoms with Gasteiger partial charge < -0.3 is 5.73 Å². The van der Waals surface area contributed by atoms with E-state index in [2.05, 4.69) is 18.9 Å². The van der Waals surface area contributed by atoms with Gasteiger partial charge in [0.1, 0.15) is 5.82 Å². The van der Waals surface area contributed by atoms with Gasteiger partial charge in [-0.15, -0.1) is 0 Å². The lowest BCUT2D eigenvalue weighted by Crippen LogP contribution is -2.09. The molecule has 3 nitrogen and oxygen atoms in total. The minimum atomic E-state index is -0.203. The lowest BCUT2D eigenvalue weighted by molar-refractivity contribution is 0.611. The highest BCUT2D eigenvalue weighted by Crippen LogP contribution is 2.18. The first-order valence-electron chi connectivity index (χ1n) is 7.21. The van der Waals surface area contributed by atoms with Gasteiger partial charge in [0, 0.05) is 5.69 Å². The first-order chi connectivity index (χ1) is 9.69. The van der Waals surface area contributed by atoms with Gasteiger partial charge in [-0.3, -0.25) is 4.68 Å². The molecule has 0 fully saturated rings. The van der Waals surface area contributed by atoms with Crippen molar-refractivity contribution in [2.45, 2.75) is 39.7 Å². The lowest BCUT2D eigenvalue weighted by atomic mass is 10.1. The van der Waals surface area contributed by atoms with Crippen LogP contribution in [-0.2, 0) is 25.8 Å². The lowest BCUT2D eigenvalue weighted by Gasteiger charge is -2.08. The average Bonchev–Trinajstić information content (AvgIpc) is 2.76. The molecule has 0 aliphatic carbocycles. The van der Waals surface area contributed by atoms with E-state index in [1.165, 1.54) is 17.3 Å². The molecule has 2 aromatic rings. The van der Waals surface area contributed by atoms with Crippen LogP contribution in [0.25, 0.3) is 0 Å². The van der Waals surface area contributed by atoms with Crippen LogP contribution in [0.3, 0.4) is 0 Å². The van der Waals surface area contributed by atoms with Gasteiger partial charge in [0.25, 0.3) is 0 Å². The minimum absolute atomic E-state index is 0.203. The number of hydrogen-bond donors (Lipinski definition) is 1. The van der Waals surface area contributed by atoms with Crippen LogP contribution in [0.2, 0.25) is 0 Å². The fourth-order valence-electron chi connectivity index (χ4n) is 2.64. The molecule has 20 heavy (non-hydrogen) atoms. The largest absolute Gasteiger partial charge is 0.330 e. The summed E-state index contributed by atoms with van der Waals surface area (Å²) in [5, 5.41) is 4.68. The van der Waals surface area contributed by atoms with Gasteiger partial charge in [-0.25, -0.2) is 4.39 Å². The number of halogens is 1. The molecule has 0 spiro atoms. The fraction of sp³-hybridized carbons (Fsp3) is 0.438. The molecular weight excluding hydrogens is 253 g/mol. The van der Waals surface area contributed by atoms with Gasteiger partial charge in [-0.05, 0) is 49.1 Å². The number of benzene rings is 1. The van der Waals surface area contributed by atoms with E-state index in [0.29, 0.717) is 13.1 Å². The molecule has 0 aliphatic rings. The van der Waals surface area contributed by atoms with Gasteiger partial charge >= 0.3 is 0 Å². The van der Waals surface area contributed by atoms with Gasteiger partial charge in [-0.1, -0.05) is 26.0 Å². The standard InChI is InChI=1S/C16H22FN3/c1-3-15-14(8-9-18)16(4-2)20(19-15)11-12-6-5-7-13(17)10-12/h5-7,10H,3-4,8-9,11,18H2,1-2H3. The van der Waals surface area contributed by atoms with Crippen LogP contribution in [0, 0.1) is 5.82 Å². The van der Waals surface area contributed by atoms with E-state index in [1.54, 1.807) is 12.1 Å². The summed E-state index contributed by atoms with van der Waals surface area (Å²) in [6, 6.07) is 6.69. The molecule has 1 heterocycles. The van der Waals surface area contributed by atoms with E-state index in [9.17, 15) is 4.39 Å². The smallest absolute Gasteiger partial charge is 0.123 e. The van der Waals surface area contributed by atoms with Crippen molar-refractivity contribution in [1.29, 1.82) is 0 Å². The van der Waals surface area contributed by atoms with Crippen molar-refractivity contribution in [3.8, 4) is 0 Å². The fourth-order valence-corrected chi connectivity index (χ4v) is 2.64. The summed E-state index contributed by atoms with van der Waals surface area (Å²) in [5.74, 6) is -0.203. The van der Waals surface area contributed by atoms with E-state index in [4.69, 9.17) is 5.73 Å². The molecule has 0 atom stereocenters. The number of rotatable bonds is 6. The molecule has 0 bridgehead atoms. The van der Waals surface area contributed by atoms with Gasteiger partial charge in [0.2, 0.25) is 0 Å². The van der Waals surface area contributed by atoms with E-state index in [-0.39, 0.29) is 5.82 Å². The molecule has 0 amide bonds. The van der Waals surface area contributed by atoms with Crippen molar-refractivity contribution >= 4 is 0 Å². The maximum absolute atomic E-state index is 13.3. The summed E-state index contributed by atoms with van der Waals surface area (Å²) in [7, 11) is 0. The number of hydrogen-bond acceptors (Lipinski definition) is 2. The second-order valence-electron chi connectivity index (χ2n) is 4.91. The molecule has 1 aromatic heterocycles. The Kier molecular flexibility index (Phi) is 4.90. The third-order valence-corrected chi connectivity index (χ3v) is 3.54. The number of nitrogens with zero attached hydrogens (tertiary/aromatic N) is 2. The zero-order valence-corrected chi connectivity index (χ0v) is 12.2. The van der Waals surface area contributed by atoms with Crippen molar-refractivity contribution in [3.63, 3.8) is 0 Å². The Bertz CT molecular complexity index is 575. The summed E-state index contributed by atoms with van der Waals surface area (Å²) in [6.07, 6.45) is 2.67. The normalized spacial score (nSPS) is 11.0. The van der Waals surface area contributed by atoms with Crippen LogP contribution in [0.5, 0.6) is 0 Å². The molecule has 0 radical (unpaired) electrons. The Morgan fingerprint density at radius 2 is 2.05 bits per heavy atom. The van der Waals surface area contributed by atoms with Crippen LogP contribution in [-0.4, -0.2) is 16.3 Å². The maximum Gasteiger partial charge on any atom is 0.123 e. The predicted molar refractivity (Wildman–Crippen MR) is 79.2 cm³/mol. The third kappa shape index (κ3) is 3.07. The van der Waals surface area contributed by atoms with Crippen molar-refractivity contribution < 1.29 is 4.39 Å². The SMILES string of the molecule is CCc1nn(Cc2cccc(F)c2)c(CC)c1CCN. The maximum atomic E-state index is 13.3. The van der Waals surface area contributed by atoms with Crippen molar-refractivity contribution in [2.24, 2.45) is 5.73 Å². The zero-order valence-electron chi connectivity index (χ0n) is 12.2. The van der Waals surface area contributed by atoms with E-state index in [1.807, 2.05) is 10.7 Å².